The van der Waals surface area contributed by atoms with Crippen molar-refractivity contribution in [3.05, 3.63) is 23.9 Å². The van der Waals surface area contributed by atoms with Gasteiger partial charge in [-0.1, -0.05) is 18.9 Å². The molecule has 1 saturated carbocycles. The molecule has 0 radical (unpaired) electrons. The van der Waals surface area contributed by atoms with Gasteiger partial charge in [-0.05, 0) is 25.5 Å². The quantitative estimate of drug-likeness (QED) is 0.772. The number of nitrogens with one attached hydrogen (secondary N) is 1. The Hall–Kier alpha value is -1.09. The van der Waals surface area contributed by atoms with Gasteiger partial charge in [0.1, 0.15) is 0 Å². The summed E-state index contributed by atoms with van der Waals surface area (Å²) in [5, 5.41) is 3.12. The third-order valence-electron chi connectivity index (χ3n) is 2.68. The van der Waals surface area contributed by atoms with Crippen LogP contribution in [0.25, 0.3) is 0 Å². The minimum absolute atomic E-state index is 0.785. The first-order valence-corrected chi connectivity index (χ1v) is 5.61. The second-order valence-electron chi connectivity index (χ2n) is 4.08. The minimum atomic E-state index is 0.785. The van der Waals surface area contributed by atoms with Crippen LogP contribution in [0, 0.1) is 5.92 Å². The zero-order chi connectivity index (χ0) is 10.5. The van der Waals surface area contributed by atoms with Crippen LogP contribution in [0.4, 0.5) is 0 Å². The lowest BCUT2D eigenvalue weighted by atomic mass is 10.2. The maximum Gasteiger partial charge on any atom is 0.217 e. The number of rotatable bonds is 6. The summed E-state index contributed by atoms with van der Waals surface area (Å²) in [6, 6.07) is 4.00. The van der Waals surface area contributed by atoms with Crippen LogP contribution in [0.3, 0.4) is 0 Å². The summed E-state index contributed by atoms with van der Waals surface area (Å²) in [7, 11) is 1.93. The van der Waals surface area contributed by atoms with Gasteiger partial charge in [-0.3, -0.25) is 0 Å². The molecule has 1 heterocycles. The number of hydrogen-bond acceptors (Lipinski definition) is 3. The highest BCUT2D eigenvalue weighted by Gasteiger charge is 2.20. The summed E-state index contributed by atoms with van der Waals surface area (Å²) < 4.78 is 5.69. The van der Waals surface area contributed by atoms with Gasteiger partial charge in [-0.25, -0.2) is 4.98 Å². The van der Waals surface area contributed by atoms with E-state index in [0.29, 0.717) is 0 Å². The number of nitrogens with zero attached hydrogens (tertiary/aromatic N) is 1. The smallest absolute Gasteiger partial charge is 0.217 e. The maximum absolute atomic E-state index is 5.69. The first-order valence-electron chi connectivity index (χ1n) is 5.61. The van der Waals surface area contributed by atoms with Crippen molar-refractivity contribution in [2.24, 2.45) is 5.92 Å². The van der Waals surface area contributed by atoms with E-state index in [-0.39, 0.29) is 0 Å². The van der Waals surface area contributed by atoms with Gasteiger partial charge in [0.15, 0.2) is 0 Å². The fourth-order valence-electron chi connectivity index (χ4n) is 1.61. The lowest BCUT2D eigenvalue weighted by Crippen LogP contribution is -2.09. The minimum Gasteiger partial charge on any atom is -0.477 e. The fourth-order valence-corrected chi connectivity index (χ4v) is 1.61. The molecule has 3 nitrogen and oxygen atoms in total. The van der Waals surface area contributed by atoms with Crippen LogP contribution in [0.15, 0.2) is 18.3 Å². The molecule has 1 aromatic rings. The third kappa shape index (κ3) is 3.20. The van der Waals surface area contributed by atoms with Gasteiger partial charge in [0.05, 0.1) is 6.61 Å². The van der Waals surface area contributed by atoms with E-state index in [0.717, 1.165) is 30.5 Å². The number of aromatic nitrogens is 1. The number of pyridine rings is 1. The molecule has 1 aliphatic carbocycles. The second-order valence-corrected chi connectivity index (χ2v) is 4.08. The monoisotopic (exact) mass is 206 g/mol. The van der Waals surface area contributed by atoms with Crippen molar-refractivity contribution in [3.63, 3.8) is 0 Å². The molecule has 1 fully saturated rings. The van der Waals surface area contributed by atoms with E-state index in [4.69, 9.17) is 4.74 Å². The van der Waals surface area contributed by atoms with E-state index in [2.05, 4.69) is 16.4 Å². The van der Waals surface area contributed by atoms with Crippen molar-refractivity contribution in [1.29, 1.82) is 0 Å². The Morgan fingerprint density at radius 3 is 3.13 bits per heavy atom. The van der Waals surface area contributed by atoms with Gasteiger partial charge in [-0.15, -0.1) is 0 Å². The molecule has 1 aliphatic rings. The van der Waals surface area contributed by atoms with Crippen LogP contribution in [-0.4, -0.2) is 18.6 Å². The Labute approximate surface area is 90.9 Å². The summed E-state index contributed by atoms with van der Waals surface area (Å²) in [5.41, 5.74) is 1.13. The highest BCUT2D eigenvalue weighted by Crippen LogP contribution is 2.32. The van der Waals surface area contributed by atoms with Gasteiger partial charge in [0.25, 0.3) is 0 Å². The molecule has 3 heteroatoms. The van der Waals surface area contributed by atoms with E-state index >= 15 is 0 Å². The Kier molecular flexibility index (Phi) is 3.56. The lowest BCUT2D eigenvalue weighted by Gasteiger charge is -2.09. The van der Waals surface area contributed by atoms with Gasteiger partial charge in [0, 0.05) is 18.3 Å². The highest BCUT2D eigenvalue weighted by molar-refractivity contribution is 5.25. The summed E-state index contributed by atoms with van der Waals surface area (Å²) in [5.74, 6) is 1.70. The van der Waals surface area contributed by atoms with Crippen molar-refractivity contribution in [2.45, 2.75) is 25.8 Å². The average molecular weight is 206 g/mol. The van der Waals surface area contributed by atoms with Crippen molar-refractivity contribution < 1.29 is 4.74 Å². The van der Waals surface area contributed by atoms with E-state index in [1.54, 1.807) is 6.20 Å². The Morgan fingerprint density at radius 1 is 1.53 bits per heavy atom. The molecule has 0 atom stereocenters. The van der Waals surface area contributed by atoms with Crippen LogP contribution in [0.5, 0.6) is 5.88 Å². The molecular weight excluding hydrogens is 188 g/mol. The fraction of sp³-hybridized carbons (Fsp3) is 0.583. The molecule has 0 spiro atoms. The van der Waals surface area contributed by atoms with Crippen molar-refractivity contribution in [1.82, 2.24) is 10.3 Å². The molecule has 0 amide bonds. The molecule has 82 valence electrons. The van der Waals surface area contributed by atoms with E-state index in [9.17, 15) is 0 Å². The molecule has 15 heavy (non-hydrogen) atoms. The van der Waals surface area contributed by atoms with Gasteiger partial charge in [-0.2, -0.15) is 0 Å². The van der Waals surface area contributed by atoms with Crippen LogP contribution >= 0.6 is 0 Å². The molecule has 0 bridgehead atoms. The predicted molar refractivity (Wildman–Crippen MR) is 59.8 cm³/mol. The molecule has 0 unspecified atom stereocenters. The zero-order valence-electron chi connectivity index (χ0n) is 9.20. The van der Waals surface area contributed by atoms with E-state index < -0.39 is 0 Å². The maximum atomic E-state index is 5.69. The summed E-state index contributed by atoms with van der Waals surface area (Å²) in [6.45, 7) is 1.62. The zero-order valence-corrected chi connectivity index (χ0v) is 9.20. The van der Waals surface area contributed by atoms with Crippen LogP contribution in [0.1, 0.15) is 24.8 Å². The van der Waals surface area contributed by atoms with Gasteiger partial charge < -0.3 is 10.1 Å². The molecule has 0 saturated heterocycles. The molecule has 1 aromatic heterocycles. The van der Waals surface area contributed by atoms with Gasteiger partial charge >= 0.3 is 0 Å². The largest absolute Gasteiger partial charge is 0.477 e. The normalized spacial score (nSPS) is 15.3. The first kappa shape index (κ1) is 10.4. The molecule has 0 aromatic carbocycles. The molecular formula is C12H18N2O. The summed E-state index contributed by atoms with van der Waals surface area (Å²) >= 11 is 0. The summed E-state index contributed by atoms with van der Waals surface area (Å²) in [4.78, 5) is 4.25. The molecule has 0 aliphatic heterocycles. The van der Waals surface area contributed by atoms with Crippen molar-refractivity contribution in [2.75, 3.05) is 13.7 Å². The van der Waals surface area contributed by atoms with Crippen molar-refractivity contribution in [3.8, 4) is 5.88 Å². The SMILES string of the molecule is CNCc1cccnc1OCCC1CC1. The topological polar surface area (TPSA) is 34.2 Å². The van der Waals surface area contributed by atoms with Crippen LogP contribution in [0.2, 0.25) is 0 Å². The standard InChI is InChI=1S/C12H18N2O/c1-13-9-11-3-2-7-14-12(11)15-8-6-10-4-5-10/h2-3,7,10,13H,4-6,8-9H2,1H3. The lowest BCUT2D eigenvalue weighted by molar-refractivity contribution is 0.287. The van der Waals surface area contributed by atoms with E-state index in [1.165, 1.54) is 19.3 Å². The third-order valence-corrected chi connectivity index (χ3v) is 2.68. The Bertz CT molecular complexity index is 310. The molecule has 2 rings (SSSR count). The number of ether oxygens (including phenoxy) is 1. The highest BCUT2D eigenvalue weighted by atomic mass is 16.5. The molecule has 1 N–H and O–H groups in total. The van der Waals surface area contributed by atoms with Crippen LogP contribution in [-0.2, 0) is 6.54 Å². The second kappa shape index (κ2) is 5.12. The average Bonchev–Trinajstić information content (AvgIpc) is 3.05. The van der Waals surface area contributed by atoms with E-state index in [1.807, 2.05) is 13.1 Å². The Balaban J connectivity index is 1.86. The van der Waals surface area contributed by atoms with Crippen molar-refractivity contribution >= 4 is 0 Å². The van der Waals surface area contributed by atoms with Crippen LogP contribution < -0.4 is 10.1 Å². The predicted octanol–water partition coefficient (Wildman–Crippen LogP) is 1.98. The van der Waals surface area contributed by atoms with Gasteiger partial charge in [0.2, 0.25) is 5.88 Å². The first-order chi connectivity index (χ1) is 7.40. The Morgan fingerprint density at radius 2 is 2.40 bits per heavy atom. The summed E-state index contributed by atoms with van der Waals surface area (Å²) in [6.07, 6.45) is 5.73. The number of hydrogen-bond donors (Lipinski definition) is 1.